The highest BCUT2D eigenvalue weighted by Crippen LogP contribution is 2.23. The van der Waals surface area contributed by atoms with E-state index in [0.29, 0.717) is 29.5 Å². The minimum absolute atomic E-state index is 0.0799. The Morgan fingerprint density at radius 2 is 2.06 bits per heavy atom. The number of hydrogen-bond acceptors (Lipinski definition) is 3. The first-order valence-corrected chi connectivity index (χ1v) is 5.65. The van der Waals surface area contributed by atoms with E-state index in [0.717, 1.165) is 0 Å². The predicted octanol–water partition coefficient (Wildman–Crippen LogP) is 2.01. The highest BCUT2D eigenvalue weighted by molar-refractivity contribution is 5.97. The topological polar surface area (TPSA) is 55.6 Å². The van der Waals surface area contributed by atoms with Crippen LogP contribution in [0.2, 0.25) is 0 Å². The normalized spacial score (nSPS) is 10.4. The monoisotopic (exact) mass is 236 g/mol. The number of anilines is 1. The van der Waals surface area contributed by atoms with Crippen LogP contribution in [0.15, 0.2) is 18.2 Å². The molecule has 4 heteroatoms. The molecule has 2 N–H and O–H groups in total. The standard InChI is InChI=1S/C13H20N2O2/c1-9(2)8-17-12-7-10(14)5-6-11(12)13(16)15(3)4/h5-7,9H,8,14H2,1-4H3. The molecule has 0 spiro atoms. The third kappa shape index (κ3) is 3.66. The van der Waals surface area contributed by atoms with Crippen molar-refractivity contribution in [2.75, 3.05) is 26.4 Å². The van der Waals surface area contributed by atoms with Gasteiger partial charge < -0.3 is 15.4 Å². The largest absolute Gasteiger partial charge is 0.492 e. The molecule has 0 bridgehead atoms. The van der Waals surface area contributed by atoms with Gasteiger partial charge in [0.2, 0.25) is 0 Å². The minimum Gasteiger partial charge on any atom is -0.492 e. The highest BCUT2D eigenvalue weighted by atomic mass is 16.5. The van der Waals surface area contributed by atoms with E-state index in [1.807, 2.05) is 0 Å². The Hall–Kier alpha value is -1.71. The molecule has 0 aliphatic heterocycles. The lowest BCUT2D eigenvalue weighted by Gasteiger charge is -2.16. The van der Waals surface area contributed by atoms with E-state index >= 15 is 0 Å². The first-order chi connectivity index (χ1) is 7.91. The molecule has 1 rings (SSSR count). The summed E-state index contributed by atoms with van der Waals surface area (Å²) in [6.07, 6.45) is 0. The molecule has 1 aromatic carbocycles. The summed E-state index contributed by atoms with van der Waals surface area (Å²) >= 11 is 0. The smallest absolute Gasteiger partial charge is 0.257 e. The lowest BCUT2D eigenvalue weighted by molar-refractivity contribution is 0.0822. The summed E-state index contributed by atoms with van der Waals surface area (Å²) in [5.74, 6) is 0.875. The summed E-state index contributed by atoms with van der Waals surface area (Å²) < 4.78 is 5.62. The van der Waals surface area contributed by atoms with Gasteiger partial charge in [-0.15, -0.1) is 0 Å². The van der Waals surface area contributed by atoms with Crippen molar-refractivity contribution in [2.45, 2.75) is 13.8 Å². The van der Waals surface area contributed by atoms with E-state index in [1.165, 1.54) is 4.90 Å². The van der Waals surface area contributed by atoms with Crippen molar-refractivity contribution >= 4 is 11.6 Å². The molecule has 0 heterocycles. The van der Waals surface area contributed by atoms with Crippen LogP contribution in [-0.4, -0.2) is 31.5 Å². The van der Waals surface area contributed by atoms with Crippen molar-refractivity contribution in [1.29, 1.82) is 0 Å². The lowest BCUT2D eigenvalue weighted by Crippen LogP contribution is -2.22. The van der Waals surface area contributed by atoms with Crippen LogP contribution in [-0.2, 0) is 0 Å². The fourth-order valence-electron chi connectivity index (χ4n) is 1.33. The van der Waals surface area contributed by atoms with Crippen LogP contribution < -0.4 is 10.5 Å². The number of rotatable bonds is 4. The first-order valence-electron chi connectivity index (χ1n) is 5.65. The van der Waals surface area contributed by atoms with E-state index in [-0.39, 0.29) is 5.91 Å². The number of carbonyl (C=O) groups excluding carboxylic acids is 1. The van der Waals surface area contributed by atoms with Crippen molar-refractivity contribution in [1.82, 2.24) is 4.90 Å². The van der Waals surface area contributed by atoms with Crippen LogP contribution in [0.1, 0.15) is 24.2 Å². The molecule has 0 aromatic heterocycles. The molecule has 0 aliphatic carbocycles. The summed E-state index contributed by atoms with van der Waals surface area (Å²) in [5.41, 5.74) is 6.85. The van der Waals surface area contributed by atoms with E-state index < -0.39 is 0 Å². The molecule has 0 fully saturated rings. The Bertz CT molecular complexity index is 400. The van der Waals surface area contributed by atoms with Gasteiger partial charge in [-0.25, -0.2) is 0 Å². The van der Waals surface area contributed by atoms with E-state index in [1.54, 1.807) is 32.3 Å². The summed E-state index contributed by atoms with van der Waals surface area (Å²) in [6, 6.07) is 5.10. The van der Waals surface area contributed by atoms with Crippen LogP contribution in [0.4, 0.5) is 5.69 Å². The van der Waals surface area contributed by atoms with Gasteiger partial charge in [0.15, 0.2) is 0 Å². The number of nitrogen functional groups attached to an aromatic ring is 1. The van der Waals surface area contributed by atoms with Crippen molar-refractivity contribution < 1.29 is 9.53 Å². The molecule has 0 aliphatic rings. The second-order valence-corrected chi connectivity index (χ2v) is 4.66. The van der Waals surface area contributed by atoms with Crippen molar-refractivity contribution in [3.63, 3.8) is 0 Å². The molecular weight excluding hydrogens is 216 g/mol. The fraction of sp³-hybridized carbons (Fsp3) is 0.462. The van der Waals surface area contributed by atoms with Crippen LogP contribution in [0.3, 0.4) is 0 Å². The van der Waals surface area contributed by atoms with Crippen molar-refractivity contribution in [3.05, 3.63) is 23.8 Å². The minimum atomic E-state index is -0.0799. The zero-order valence-corrected chi connectivity index (χ0v) is 10.9. The number of nitrogens with two attached hydrogens (primary N) is 1. The number of amides is 1. The van der Waals surface area contributed by atoms with Crippen LogP contribution >= 0.6 is 0 Å². The number of ether oxygens (including phenoxy) is 1. The average molecular weight is 236 g/mol. The summed E-state index contributed by atoms with van der Waals surface area (Å²) in [6.45, 7) is 4.68. The summed E-state index contributed by atoms with van der Waals surface area (Å²) in [7, 11) is 3.43. The molecule has 0 unspecified atom stereocenters. The van der Waals surface area contributed by atoms with Crippen molar-refractivity contribution in [3.8, 4) is 5.75 Å². The first kappa shape index (κ1) is 13.4. The molecule has 0 saturated carbocycles. The van der Waals surface area contributed by atoms with E-state index in [9.17, 15) is 4.79 Å². The maximum absolute atomic E-state index is 11.9. The van der Waals surface area contributed by atoms with Gasteiger partial charge in [0.1, 0.15) is 5.75 Å². The molecule has 0 atom stereocenters. The third-order valence-corrected chi connectivity index (χ3v) is 2.21. The van der Waals surface area contributed by atoms with Gasteiger partial charge in [-0.1, -0.05) is 13.8 Å². The Morgan fingerprint density at radius 1 is 1.41 bits per heavy atom. The Labute approximate surface area is 102 Å². The van der Waals surface area contributed by atoms with E-state index in [2.05, 4.69) is 13.8 Å². The second kappa shape index (κ2) is 5.57. The van der Waals surface area contributed by atoms with Gasteiger partial charge in [-0.2, -0.15) is 0 Å². The Kier molecular flexibility index (Phi) is 4.37. The molecular formula is C13H20N2O2. The van der Waals surface area contributed by atoms with Crippen molar-refractivity contribution in [2.24, 2.45) is 5.92 Å². The molecule has 94 valence electrons. The van der Waals surface area contributed by atoms with Crippen LogP contribution in [0.25, 0.3) is 0 Å². The summed E-state index contributed by atoms with van der Waals surface area (Å²) in [4.78, 5) is 13.4. The van der Waals surface area contributed by atoms with E-state index in [4.69, 9.17) is 10.5 Å². The maximum atomic E-state index is 11.9. The second-order valence-electron chi connectivity index (χ2n) is 4.66. The molecule has 17 heavy (non-hydrogen) atoms. The van der Waals surface area contributed by atoms with Crippen LogP contribution in [0.5, 0.6) is 5.75 Å². The van der Waals surface area contributed by atoms with Gasteiger partial charge in [-0.05, 0) is 18.1 Å². The number of carbonyl (C=O) groups is 1. The maximum Gasteiger partial charge on any atom is 0.257 e. The zero-order chi connectivity index (χ0) is 13.0. The van der Waals surface area contributed by atoms with Gasteiger partial charge in [0.05, 0.1) is 12.2 Å². The third-order valence-electron chi connectivity index (χ3n) is 2.21. The Morgan fingerprint density at radius 3 is 2.59 bits per heavy atom. The highest BCUT2D eigenvalue weighted by Gasteiger charge is 2.15. The molecule has 0 radical (unpaired) electrons. The van der Waals surface area contributed by atoms with Gasteiger partial charge in [0.25, 0.3) is 5.91 Å². The molecule has 1 amide bonds. The molecule has 4 nitrogen and oxygen atoms in total. The van der Waals surface area contributed by atoms with Gasteiger partial charge in [-0.3, -0.25) is 4.79 Å². The van der Waals surface area contributed by atoms with Gasteiger partial charge in [0, 0.05) is 25.8 Å². The molecule has 0 saturated heterocycles. The quantitative estimate of drug-likeness (QED) is 0.813. The summed E-state index contributed by atoms with van der Waals surface area (Å²) in [5, 5.41) is 0. The lowest BCUT2D eigenvalue weighted by atomic mass is 10.1. The van der Waals surface area contributed by atoms with Gasteiger partial charge >= 0.3 is 0 Å². The average Bonchev–Trinajstić information content (AvgIpc) is 2.25. The predicted molar refractivity (Wildman–Crippen MR) is 69.2 cm³/mol. The zero-order valence-electron chi connectivity index (χ0n) is 10.9. The molecule has 1 aromatic rings. The Balaban J connectivity index is 2.99. The number of nitrogens with zero attached hydrogens (tertiary/aromatic N) is 1. The number of benzene rings is 1. The van der Waals surface area contributed by atoms with Crippen LogP contribution in [0, 0.1) is 5.92 Å². The SMILES string of the molecule is CC(C)COc1cc(N)ccc1C(=O)N(C)C. The fourth-order valence-corrected chi connectivity index (χ4v) is 1.33. The number of hydrogen-bond donors (Lipinski definition) is 1.